The van der Waals surface area contributed by atoms with Gasteiger partial charge in [-0.2, -0.15) is 0 Å². The monoisotopic (exact) mass is 344 g/mol. The molecule has 1 unspecified atom stereocenters. The SMILES string of the molecule is CC(C)N(Cc1cccnc1)C(=O)C1CCCN(c2nccs2)C1. The van der Waals surface area contributed by atoms with Gasteiger partial charge in [-0.1, -0.05) is 6.07 Å². The van der Waals surface area contributed by atoms with Gasteiger partial charge in [0.15, 0.2) is 5.13 Å². The van der Waals surface area contributed by atoms with Crippen molar-refractivity contribution in [3.63, 3.8) is 0 Å². The van der Waals surface area contributed by atoms with Crippen molar-refractivity contribution < 1.29 is 4.79 Å². The van der Waals surface area contributed by atoms with Gasteiger partial charge in [-0.25, -0.2) is 4.98 Å². The highest BCUT2D eigenvalue weighted by Crippen LogP contribution is 2.26. The molecule has 2 aromatic heterocycles. The van der Waals surface area contributed by atoms with E-state index in [2.05, 4.69) is 28.7 Å². The van der Waals surface area contributed by atoms with Crippen LogP contribution < -0.4 is 4.90 Å². The van der Waals surface area contributed by atoms with Crippen LogP contribution in [0.3, 0.4) is 0 Å². The second-order valence-corrected chi connectivity index (χ2v) is 7.39. The fourth-order valence-corrected chi connectivity index (χ4v) is 3.84. The summed E-state index contributed by atoms with van der Waals surface area (Å²) in [5.74, 6) is 0.289. The Bertz CT molecular complexity index is 644. The minimum atomic E-state index is 0.0433. The van der Waals surface area contributed by atoms with E-state index in [1.807, 2.05) is 34.8 Å². The van der Waals surface area contributed by atoms with Crippen LogP contribution in [-0.2, 0) is 11.3 Å². The maximum atomic E-state index is 13.1. The zero-order valence-electron chi connectivity index (χ0n) is 14.3. The minimum absolute atomic E-state index is 0.0433. The summed E-state index contributed by atoms with van der Waals surface area (Å²) in [7, 11) is 0. The average Bonchev–Trinajstić information content (AvgIpc) is 3.14. The molecule has 1 fully saturated rings. The largest absolute Gasteiger partial charge is 0.347 e. The first kappa shape index (κ1) is 16.9. The molecule has 0 aliphatic carbocycles. The lowest BCUT2D eigenvalue weighted by Crippen LogP contribution is -2.46. The molecule has 3 rings (SSSR count). The number of aromatic nitrogens is 2. The van der Waals surface area contributed by atoms with Gasteiger partial charge in [0.1, 0.15) is 0 Å². The van der Waals surface area contributed by atoms with Crippen LogP contribution in [0.4, 0.5) is 5.13 Å². The van der Waals surface area contributed by atoms with E-state index >= 15 is 0 Å². The quantitative estimate of drug-likeness (QED) is 0.836. The summed E-state index contributed by atoms with van der Waals surface area (Å²) in [6.07, 6.45) is 7.42. The zero-order chi connectivity index (χ0) is 16.9. The summed E-state index contributed by atoms with van der Waals surface area (Å²) in [6, 6.07) is 4.12. The molecule has 128 valence electrons. The minimum Gasteiger partial charge on any atom is -0.347 e. The van der Waals surface area contributed by atoms with Crippen LogP contribution in [-0.4, -0.2) is 39.9 Å². The molecule has 0 N–H and O–H groups in total. The van der Waals surface area contributed by atoms with E-state index in [4.69, 9.17) is 0 Å². The maximum Gasteiger partial charge on any atom is 0.228 e. The van der Waals surface area contributed by atoms with Crippen molar-refractivity contribution in [3.8, 4) is 0 Å². The Labute approximate surface area is 147 Å². The molecule has 0 radical (unpaired) electrons. The summed E-state index contributed by atoms with van der Waals surface area (Å²) in [5.41, 5.74) is 1.08. The Morgan fingerprint density at radius 1 is 1.46 bits per heavy atom. The number of piperidine rings is 1. The van der Waals surface area contributed by atoms with Gasteiger partial charge in [0.2, 0.25) is 5.91 Å². The first-order chi connectivity index (χ1) is 11.6. The summed E-state index contributed by atoms with van der Waals surface area (Å²) in [5, 5.41) is 3.01. The van der Waals surface area contributed by atoms with E-state index in [0.29, 0.717) is 6.54 Å². The van der Waals surface area contributed by atoms with E-state index in [9.17, 15) is 4.79 Å². The number of anilines is 1. The molecule has 0 saturated carbocycles. The molecule has 2 aromatic rings. The van der Waals surface area contributed by atoms with Gasteiger partial charge in [-0.3, -0.25) is 9.78 Å². The number of carbonyl (C=O) groups is 1. The molecular formula is C18H24N4OS. The second-order valence-electron chi connectivity index (χ2n) is 6.52. The van der Waals surface area contributed by atoms with E-state index in [1.54, 1.807) is 17.5 Å². The van der Waals surface area contributed by atoms with Gasteiger partial charge in [0.05, 0.1) is 5.92 Å². The number of pyridine rings is 1. The van der Waals surface area contributed by atoms with Gasteiger partial charge in [0, 0.05) is 49.6 Å². The lowest BCUT2D eigenvalue weighted by atomic mass is 9.96. The number of thiazole rings is 1. The van der Waals surface area contributed by atoms with Crippen molar-refractivity contribution in [2.75, 3.05) is 18.0 Å². The predicted octanol–water partition coefficient (Wildman–Crippen LogP) is 3.19. The third-order valence-corrected chi connectivity index (χ3v) is 5.27. The molecule has 1 saturated heterocycles. The van der Waals surface area contributed by atoms with Gasteiger partial charge in [-0.05, 0) is 38.3 Å². The zero-order valence-corrected chi connectivity index (χ0v) is 15.1. The highest BCUT2D eigenvalue weighted by atomic mass is 32.1. The highest BCUT2D eigenvalue weighted by molar-refractivity contribution is 7.13. The summed E-state index contributed by atoms with van der Waals surface area (Å²) >= 11 is 1.64. The van der Waals surface area contributed by atoms with Crippen LogP contribution in [0.5, 0.6) is 0 Å². The molecule has 6 heteroatoms. The summed E-state index contributed by atoms with van der Waals surface area (Å²) < 4.78 is 0. The third-order valence-electron chi connectivity index (χ3n) is 4.44. The average molecular weight is 344 g/mol. The first-order valence-corrected chi connectivity index (χ1v) is 9.37. The van der Waals surface area contributed by atoms with Crippen LogP contribution in [0.25, 0.3) is 0 Å². The molecule has 5 nitrogen and oxygen atoms in total. The number of hydrogen-bond acceptors (Lipinski definition) is 5. The predicted molar refractivity (Wildman–Crippen MR) is 97.0 cm³/mol. The Kier molecular flexibility index (Phi) is 5.45. The smallest absolute Gasteiger partial charge is 0.228 e. The van der Waals surface area contributed by atoms with Crippen molar-refractivity contribution in [2.24, 2.45) is 5.92 Å². The number of rotatable bonds is 5. The molecular weight excluding hydrogens is 320 g/mol. The molecule has 1 aliphatic rings. The molecule has 24 heavy (non-hydrogen) atoms. The lowest BCUT2D eigenvalue weighted by Gasteiger charge is -2.36. The molecule has 0 spiro atoms. The number of hydrogen-bond donors (Lipinski definition) is 0. The Morgan fingerprint density at radius 2 is 2.33 bits per heavy atom. The molecule has 0 aromatic carbocycles. The third kappa shape index (κ3) is 3.93. The Hall–Kier alpha value is -1.95. The van der Waals surface area contributed by atoms with Crippen LogP contribution in [0.1, 0.15) is 32.3 Å². The van der Waals surface area contributed by atoms with Crippen molar-refractivity contribution in [3.05, 3.63) is 41.7 Å². The molecule has 1 amide bonds. The fourth-order valence-electron chi connectivity index (χ4n) is 3.16. The van der Waals surface area contributed by atoms with Crippen molar-refractivity contribution in [2.45, 2.75) is 39.3 Å². The van der Waals surface area contributed by atoms with E-state index in [1.165, 1.54) is 0 Å². The van der Waals surface area contributed by atoms with Gasteiger partial charge < -0.3 is 9.80 Å². The van der Waals surface area contributed by atoms with Crippen molar-refractivity contribution in [1.29, 1.82) is 0 Å². The lowest BCUT2D eigenvalue weighted by molar-refractivity contribution is -0.138. The van der Waals surface area contributed by atoms with E-state index in [-0.39, 0.29) is 17.9 Å². The van der Waals surface area contributed by atoms with Crippen LogP contribution in [0.15, 0.2) is 36.1 Å². The molecule has 0 bridgehead atoms. The van der Waals surface area contributed by atoms with E-state index < -0.39 is 0 Å². The summed E-state index contributed by atoms with van der Waals surface area (Å²) in [4.78, 5) is 25.9. The van der Waals surface area contributed by atoms with Gasteiger partial charge in [0.25, 0.3) is 0 Å². The van der Waals surface area contributed by atoms with E-state index in [0.717, 1.165) is 36.6 Å². The maximum absolute atomic E-state index is 13.1. The standard InChI is InChI=1S/C18H24N4OS/c1-14(2)22(12-15-5-3-7-19-11-15)17(23)16-6-4-9-21(13-16)18-20-8-10-24-18/h3,5,7-8,10-11,14,16H,4,6,9,12-13H2,1-2H3. The number of amides is 1. The normalized spacial score (nSPS) is 18.0. The van der Waals surface area contributed by atoms with Crippen molar-refractivity contribution >= 4 is 22.4 Å². The second kappa shape index (κ2) is 7.75. The van der Waals surface area contributed by atoms with Crippen molar-refractivity contribution in [1.82, 2.24) is 14.9 Å². The Balaban J connectivity index is 1.70. The van der Waals surface area contributed by atoms with Crippen LogP contribution in [0, 0.1) is 5.92 Å². The Morgan fingerprint density at radius 3 is 3.00 bits per heavy atom. The number of nitrogens with zero attached hydrogens (tertiary/aromatic N) is 4. The highest BCUT2D eigenvalue weighted by Gasteiger charge is 2.31. The fraction of sp³-hybridized carbons (Fsp3) is 0.500. The van der Waals surface area contributed by atoms with Gasteiger partial charge in [-0.15, -0.1) is 11.3 Å². The molecule has 3 heterocycles. The molecule has 1 atom stereocenters. The number of carbonyl (C=O) groups excluding carboxylic acids is 1. The summed E-state index contributed by atoms with van der Waals surface area (Å²) in [6.45, 7) is 6.54. The molecule has 1 aliphatic heterocycles. The topological polar surface area (TPSA) is 49.3 Å². The van der Waals surface area contributed by atoms with Crippen LogP contribution >= 0.6 is 11.3 Å². The first-order valence-electron chi connectivity index (χ1n) is 8.49. The van der Waals surface area contributed by atoms with Gasteiger partial charge >= 0.3 is 0 Å². The van der Waals surface area contributed by atoms with Crippen LogP contribution in [0.2, 0.25) is 0 Å².